The Morgan fingerprint density at radius 1 is 0.889 bits per heavy atom. The fourth-order valence-electron chi connectivity index (χ4n) is 4.37. The molecular formula is C28H33N3O4S. The topological polar surface area (TPSA) is 70.2 Å². The first-order valence-electron chi connectivity index (χ1n) is 12.1. The van der Waals surface area contributed by atoms with Crippen LogP contribution < -0.4 is 13.9 Å². The van der Waals surface area contributed by atoms with Gasteiger partial charge < -0.3 is 14.5 Å². The van der Waals surface area contributed by atoms with Gasteiger partial charge in [0.2, 0.25) is 10.0 Å². The molecule has 1 heterocycles. The molecular weight excluding hydrogens is 474 g/mol. The number of ether oxygens (including phenoxy) is 1. The quantitative estimate of drug-likeness (QED) is 0.461. The normalized spacial score (nSPS) is 14.0. The van der Waals surface area contributed by atoms with Crippen LogP contribution in [0.1, 0.15) is 16.7 Å². The fraction of sp³-hybridized carbons (Fsp3) is 0.321. The van der Waals surface area contributed by atoms with E-state index in [1.807, 2.05) is 35.2 Å². The van der Waals surface area contributed by atoms with Crippen molar-refractivity contribution in [2.45, 2.75) is 20.4 Å². The number of nitrogens with zero attached hydrogens (tertiary/aromatic N) is 3. The number of carbonyl (C=O) groups is 1. The van der Waals surface area contributed by atoms with Gasteiger partial charge in [0.25, 0.3) is 5.91 Å². The van der Waals surface area contributed by atoms with Crippen molar-refractivity contribution >= 4 is 27.3 Å². The van der Waals surface area contributed by atoms with Crippen LogP contribution in [0.15, 0.2) is 72.8 Å². The summed E-state index contributed by atoms with van der Waals surface area (Å²) in [6.07, 6.45) is 1.19. The smallest absolute Gasteiger partial charge is 0.260 e. The molecule has 0 N–H and O–H groups in total. The standard InChI is InChI=1S/C28H33N3O4S/c1-22-8-7-11-27(23(22)2)29-16-18-30(19-17-29)28(32)21-35-26-14-12-25(13-15-26)31(36(3,33)34)20-24-9-5-4-6-10-24/h4-15H,16-21H2,1-3H3. The van der Waals surface area contributed by atoms with E-state index in [0.29, 0.717) is 24.5 Å². The fourth-order valence-corrected chi connectivity index (χ4v) is 5.26. The van der Waals surface area contributed by atoms with E-state index in [2.05, 4.69) is 36.9 Å². The lowest BCUT2D eigenvalue weighted by molar-refractivity contribution is -0.133. The van der Waals surface area contributed by atoms with Crippen LogP contribution in [0.4, 0.5) is 11.4 Å². The Morgan fingerprint density at radius 3 is 2.19 bits per heavy atom. The van der Waals surface area contributed by atoms with Crippen LogP contribution in [0.3, 0.4) is 0 Å². The summed E-state index contributed by atoms with van der Waals surface area (Å²) in [7, 11) is -3.47. The van der Waals surface area contributed by atoms with Gasteiger partial charge in [-0.2, -0.15) is 0 Å². The molecule has 0 bridgehead atoms. The van der Waals surface area contributed by atoms with E-state index in [9.17, 15) is 13.2 Å². The molecule has 1 aliphatic rings. The molecule has 36 heavy (non-hydrogen) atoms. The number of amides is 1. The van der Waals surface area contributed by atoms with Gasteiger partial charge in [0.15, 0.2) is 6.61 Å². The van der Waals surface area contributed by atoms with E-state index >= 15 is 0 Å². The van der Waals surface area contributed by atoms with Gasteiger partial charge in [-0.25, -0.2) is 8.42 Å². The third-order valence-corrected chi connectivity index (χ3v) is 7.75. The monoisotopic (exact) mass is 507 g/mol. The lowest BCUT2D eigenvalue weighted by Crippen LogP contribution is -2.50. The Labute approximate surface area is 214 Å². The maximum absolute atomic E-state index is 12.7. The summed E-state index contributed by atoms with van der Waals surface area (Å²) >= 11 is 0. The van der Waals surface area contributed by atoms with Gasteiger partial charge in [0, 0.05) is 31.9 Å². The second kappa shape index (κ2) is 11.0. The summed E-state index contributed by atoms with van der Waals surface area (Å²) in [5.41, 5.74) is 5.22. The highest BCUT2D eigenvalue weighted by Gasteiger charge is 2.23. The molecule has 3 aromatic rings. The third-order valence-electron chi connectivity index (χ3n) is 6.61. The molecule has 4 rings (SSSR count). The molecule has 7 nitrogen and oxygen atoms in total. The zero-order valence-corrected chi connectivity index (χ0v) is 21.9. The van der Waals surface area contributed by atoms with Crippen molar-refractivity contribution in [3.05, 3.63) is 89.5 Å². The highest BCUT2D eigenvalue weighted by Crippen LogP contribution is 2.25. The molecule has 1 fully saturated rings. The predicted octanol–water partition coefficient (Wildman–Crippen LogP) is 4.00. The van der Waals surface area contributed by atoms with E-state index in [-0.39, 0.29) is 19.1 Å². The number of hydrogen-bond acceptors (Lipinski definition) is 5. The zero-order valence-electron chi connectivity index (χ0n) is 21.1. The highest BCUT2D eigenvalue weighted by atomic mass is 32.2. The predicted molar refractivity (Wildman–Crippen MR) is 144 cm³/mol. The van der Waals surface area contributed by atoms with Crippen molar-refractivity contribution in [3.8, 4) is 5.75 Å². The average molecular weight is 508 g/mol. The van der Waals surface area contributed by atoms with Crippen LogP contribution >= 0.6 is 0 Å². The Morgan fingerprint density at radius 2 is 1.56 bits per heavy atom. The van der Waals surface area contributed by atoms with Crippen LogP contribution in [0.5, 0.6) is 5.75 Å². The number of aryl methyl sites for hydroxylation is 1. The number of rotatable bonds is 8. The largest absolute Gasteiger partial charge is 0.484 e. The number of sulfonamides is 1. The molecule has 3 aromatic carbocycles. The van der Waals surface area contributed by atoms with Crippen molar-refractivity contribution in [1.29, 1.82) is 0 Å². The van der Waals surface area contributed by atoms with Gasteiger partial charge in [-0.15, -0.1) is 0 Å². The molecule has 1 aliphatic heterocycles. The highest BCUT2D eigenvalue weighted by molar-refractivity contribution is 7.92. The van der Waals surface area contributed by atoms with Crippen LogP contribution in [0, 0.1) is 13.8 Å². The van der Waals surface area contributed by atoms with E-state index in [0.717, 1.165) is 18.7 Å². The van der Waals surface area contributed by atoms with Crippen LogP contribution in [0.25, 0.3) is 0 Å². The van der Waals surface area contributed by atoms with E-state index < -0.39 is 10.0 Å². The number of hydrogen-bond donors (Lipinski definition) is 0. The van der Waals surface area contributed by atoms with Crippen molar-refractivity contribution in [3.63, 3.8) is 0 Å². The van der Waals surface area contributed by atoms with Gasteiger partial charge in [-0.3, -0.25) is 9.10 Å². The summed E-state index contributed by atoms with van der Waals surface area (Å²) in [5.74, 6) is 0.468. The summed E-state index contributed by atoms with van der Waals surface area (Å²) in [5, 5.41) is 0. The number of benzene rings is 3. The van der Waals surface area contributed by atoms with Gasteiger partial charge in [-0.1, -0.05) is 42.5 Å². The zero-order chi connectivity index (χ0) is 25.7. The second-order valence-corrected chi connectivity index (χ2v) is 11.0. The van der Waals surface area contributed by atoms with E-state index in [4.69, 9.17) is 4.74 Å². The average Bonchev–Trinajstić information content (AvgIpc) is 2.88. The molecule has 0 radical (unpaired) electrons. The number of anilines is 2. The SMILES string of the molecule is Cc1cccc(N2CCN(C(=O)COc3ccc(N(Cc4ccccc4)S(C)(=O)=O)cc3)CC2)c1C. The van der Waals surface area contributed by atoms with Crippen molar-refractivity contribution in [1.82, 2.24) is 4.90 Å². The Kier molecular flexibility index (Phi) is 7.84. The molecule has 8 heteroatoms. The molecule has 0 saturated carbocycles. The van der Waals surface area contributed by atoms with Crippen molar-refractivity contribution in [2.75, 3.05) is 48.2 Å². The first-order valence-corrected chi connectivity index (χ1v) is 13.9. The minimum atomic E-state index is -3.47. The first-order chi connectivity index (χ1) is 17.2. The molecule has 0 aromatic heterocycles. The minimum Gasteiger partial charge on any atom is -0.484 e. The number of carbonyl (C=O) groups excluding carboxylic acids is 1. The minimum absolute atomic E-state index is 0.0530. The summed E-state index contributed by atoms with van der Waals surface area (Å²) in [6.45, 7) is 7.31. The molecule has 0 spiro atoms. The molecule has 0 unspecified atom stereocenters. The van der Waals surface area contributed by atoms with Crippen LogP contribution in [0.2, 0.25) is 0 Å². The molecule has 190 valence electrons. The Bertz CT molecular complexity index is 1290. The molecule has 0 aliphatic carbocycles. The summed E-state index contributed by atoms with van der Waals surface area (Å²) < 4.78 is 31.9. The maximum atomic E-state index is 12.7. The van der Waals surface area contributed by atoms with Gasteiger partial charge in [0.1, 0.15) is 5.75 Å². The van der Waals surface area contributed by atoms with E-state index in [1.165, 1.54) is 27.4 Å². The van der Waals surface area contributed by atoms with Crippen molar-refractivity contribution < 1.29 is 17.9 Å². The lowest BCUT2D eigenvalue weighted by atomic mass is 10.1. The van der Waals surface area contributed by atoms with Crippen molar-refractivity contribution in [2.24, 2.45) is 0 Å². The van der Waals surface area contributed by atoms with Gasteiger partial charge >= 0.3 is 0 Å². The maximum Gasteiger partial charge on any atom is 0.260 e. The van der Waals surface area contributed by atoms with Crippen LogP contribution in [-0.4, -0.2) is 58.3 Å². The first kappa shape index (κ1) is 25.6. The third kappa shape index (κ3) is 6.18. The summed E-state index contributed by atoms with van der Waals surface area (Å²) in [4.78, 5) is 16.9. The van der Waals surface area contributed by atoms with Gasteiger partial charge in [-0.05, 0) is 60.9 Å². The van der Waals surface area contributed by atoms with E-state index in [1.54, 1.807) is 24.3 Å². The molecule has 1 saturated heterocycles. The van der Waals surface area contributed by atoms with Crippen LogP contribution in [-0.2, 0) is 21.4 Å². The second-order valence-electron chi connectivity index (χ2n) is 9.12. The van der Waals surface area contributed by atoms with Gasteiger partial charge in [0.05, 0.1) is 18.5 Å². The number of piperazine rings is 1. The summed E-state index contributed by atoms with van der Waals surface area (Å²) in [6, 6.07) is 22.6. The molecule has 0 atom stereocenters. The Balaban J connectivity index is 1.32. The molecule has 1 amide bonds. The lowest BCUT2D eigenvalue weighted by Gasteiger charge is -2.37. The Hall–Kier alpha value is -3.52.